The maximum Gasteiger partial charge on any atom is 0.416 e. The number of amides is 2. The molecule has 0 unspecified atom stereocenters. The number of para-hydroxylation sites is 1. The molecule has 0 heterocycles. The number of rotatable bonds is 8. The third-order valence-electron chi connectivity index (χ3n) is 3.77. The molecule has 6 nitrogen and oxygen atoms in total. The fourth-order valence-electron chi connectivity index (χ4n) is 2.34. The van der Waals surface area contributed by atoms with Crippen LogP contribution in [0.1, 0.15) is 24.8 Å². The van der Waals surface area contributed by atoms with Crippen molar-refractivity contribution < 1.29 is 32.3 Å². The summed E-state index contributed by atoms with van der Waals surface area (Å²) in [6, 6.07) is 11.2. The molecule has 10 heteroatoms. The van der Waals surface area contributed by atoms with Crippen molar-refractivity contribution in [2.75, 3.05) is 17.2 Å². The summed E-state index contributed by atoms with van der Waals surface area (Å²) in [5, 5.41) is 4.79. The molecule has 0 aliphatic heterocycles. The minimum Gasteiger partial charge on any atom is -0.456 e. The zero-order chi connectivity index (χ0) is 22.1. The smallest absolute Gasteiger partial charge is 0.416 e. The summed E-state index contributed by atoms with van der Waals surface area (Å²) in [4.78, 5) is 35.3. The van der Waals surface area contributed by atoms with Crippen LogP contribution in [0.4, 0.5) is 24.5 Å². The van der Waals surface area contributed by atoms with Crippen LogP contribution in [0.5, 0.6) is 0 Å². The lowest BCUT2D eigenvalue weighted by Crippen LogP contribution is -2.21. The lowest BCUT2D eigenvalue weighted by Gasteiger charge is -2.11. The zero-order valence-electron chi connectivity index (χ0n) is 15.6. The van der Waals surface area contributed by atoms with Crippen LogP contribution >= 0.6 is 11.6 Å². The molecular formula is C20H18ClF3N2O4. The van der Waals surface area contributed by atoms with Crippen molar-refractivity contribution >= 4 is 40.8 Å². The molecule has 0 saturated heterocycles. The molecule has 0 radical (unpaired) electrons. The number of esters is 1. The highest BCUT2D eigenvalue weighted by molar-refractivity contribution is 6.33. The minimum atomic E-state index is -4.57. The summed E-state index contributed by atoms with van der Waals surface area (Å²) >= 11 is 5.81. The van der Waals surface area contributed by atoms with Crippen molar-refractivity contribution in [3.8, 4) is 0 Å². The third-order valence-corrected chi connectivity index (χ3v) is 4.10. The van der Waals surface area contributed by atoms with Crippen molar-refractivity contribution in [2.24, 2.45) is 0 Å². The van der Waals surface area contributed by atoms with Crippen LogP contribution < -0.4 is 10.6 Å². The molecule has 0 bridgehead atoms. The van der Waals surface area contributed by atoms with E-state index in [2.05, 4.69) is 10.6 Å². The zero-order valence-corrected chi connectivity index (χ0v) is 16.3. The molecule has 0 aliphatic rings. The van der Waals surface area contributed by atoms with Gasteiger partial charge in [0.2, 0.25) is 5.91 Å². The number of benzene rings is 2. The molecule has 0 spiro atoms. The van der Waals surface area contributed by atoms with E-state index >= 15 is 0 Å². The largest absolute Gasteiger partial charge is 0.456 e. The van der Waals surface area contributed by atoms with Gasteiger partial charge in [-0.25, -0.2) is 0 Å². The molecule has 2 aromatic carbocycles. The van der Waals surface area contributed by atoms with Gasteiger partial charge in [0.1, 0.15) is 0 Å². The van der Waals surface area contributed by atoms with Gasteiger partial charge < -0.3 is 15.4 Å². The number of ether oxygens (including phenoxy) is 1. The van der Waals surface area contributed by atoms with Gasteiger partial charge in [-0.3, -0.25) is 14.4 Å². The summed E-state index contributed by atoms with van der Waals surface area (Å²) in [6.07, 6.45) is -4.76. The number of hydrogen-bond acceptors (Lipinski definition) is 4. The van der Waals surface area contributed by atoms with E-state index < -0.39 is 36.1 Å². The van der Waals surface area contributed by atoms with Crippen LogP contribution in [0.15, 0.2) is 48.5 Å². The van der Waals surface area contributed by atoms with Gasteiger partial charge in [0.05, 0.1) is 16.3 Å². The van der Waals surface area contributed by atoms with Crippen LogP contribution in [0.3, 0.4) is 0 Å². The lowest BCUT2D eigenvalue weighted by atomic mass is 10.2. The van der Waals surface area contributed by atoms with Crippen LogP contribution in [-0.2, 0) is 25.3 Å². The highest BCUT2D eigenvalue weighted by Gasteiger charge is 2.31. The number of alkyl halides is 3. The van der Waals surface area contributed by atoms with Crippen molar-refractivity contribution in [2.45, 2.75) is 25.4 Å². The summed E-state index contributed by atoms with van der Waals surface area (Å²) in [5.41, 5.74) is -0.556. The van der Waals surface area contributed by atoms with E-state index in [1.54, 1.807) is 30.3 Å². The van der Waals surface area contributed by atoms with Gasteiger partial charge in [-0.05, 0) is 36.8 Å². The topological polar surface area (TPSA) is 84.5 Å². The first-order chi connectivity index (χ1) is 14.1. The molecule has 2 amide bonds. The second-order valence-corrected chi connectivity index (χ2v) is 6.58. The Balaban J connectivity index is 1.71. The Kier molecular flexibility index (Phi) is 8.23. The normalized spacial score (nSPS) is 10.9. The third kappa shape index (κ3) is 7.75. The molecule has 0 atom stereocenters. The number of nitrogens with one attached hydrogen (secondary N) is 2. The van der Waals surface area contributed by atoms with Gasteiger partial charge >= 0.3 is 12.1 Å². The van der Waals surface area contributed by atoms with E-state index in [9.17, 15) is 27.6 Å². The first-order valence-electron chi connectivity index (χ1n) is 8.82. The number of carbonyl (C=O) groups is 3. The fraction of sp³-hybridized carbons (Fsp3) is 0.250. The quantitative estimate of drug-likeness (QED) is 0.583. The molecule has 0 aromatic heterocycles. The Morgan fingerprint density at radius 2 is 1.63 bits per heavy atom. The number of carbonyl (C=O) groups excluding carboxylic acids is 3. The Morgan fingerprint density at radius 1 is 0.933 bits per heavy atom. The van der Waals surface area contributed by atoms with Gasteiger partial charge in [0.15, 0.2) is 6.61 Å². The highest BCUT2D eigenvalue weighted by Crippen LogP contribution is 2.33. The Labute approximate surface area is 175 Å². The SMILES string of the molecule is O=C(COC(=O)CCCC(=O)Nc1cc(C(F)(F)F)ccc1Cl)Nc1ccccc1. The molecular weight excluding hydrogens is 425 g/mol. The monoisotopic (exact) mass is 442 g/mol. The Bertz CT molecular complexity index is 905. The van der Waals surface area contributed by atoms with Crippen molar-refractivity contribution in [1.82, 2.24) is 0 Å². The predicted octanol–water partition coefficient (Wildman–Crippen LogP) is 4.65. The van der Waals surface area contributed by atoms with Crippen LogP contribution in [0.2, 0.25) is 5.02 Å². The molecule has 0 aliphatic carbocycles. The first-order valence-corrected chi connectivity index (χ1v) is 9.20. The maximum absolute atomic E-state index is 12.7. The van der Waals surface area contributed by atoms with Gasteiger partial charge in [-0.1, -0.05) is 29.8 Å². The molecule has 0 fully saturated rings. The molecule has 160 valence electrons. The fourth-order valence-corrected chi connectivity index (χ4v) is 2.50. The summed E-state index contributed by atoms with van der Waals surface area (Å²) in [5.74, 6) is -1.79. The highest BCUT2D eigenvalue weighted by atomic mass is 35.5. The second kappa shape index (κ2) is 10.6. The molecule has 30 heavy (non-hydrogen) atoms. The van der Waals surface area contributed by atoms with E-state index in [1.807, 2.05) is 0 Å². The second-order valence-electron chi connectivity index (χ2n) is 6.17. The van der Waals surface area contributed by atoms with Gasteiger partial charge in [-0.2, -0.15) is 13.2 Å². The summed E-state index contributed by atoms with van der Waals surface area (Å²) < 4.78 is 43.1. The maximum atomic E-state index is 12.7. The number of hydrogen-bond donors (Lipinski definition) is 2. The van der Waals surface area contributed by atoms with Gasteiger partial charge in [0.25, 0.3) is 5.91 Å². The van der Waals surface area contributed by atoms with Crippen molar-refractivity contribution in [1.29, 1.82) is 0 Å². The van der Waals surface area contributed by atoms with E-state index in [-0.39, 0.29) is 30.0 Å². The van der Waals surface area contributed by atoms with Gasteiger partial charge in [-0.15, -0.1) is 0 Å². The molecule has 2 N–H and O–H groups in total. The predicted molar refractivity (Wildman–Crippen MR) is 105 cm³/mol. The Morgan fingerprint density at radius 3 is 2.30 bits per heavy atom. The number of halogens is 4. The minimum absolute atomic E-state index is 0.0415. The number of anilines is 2. The van der Waals surface area contributed by atoms with E-state index in [1.165, 1.54) is 0 Å². The summed E-state index contributed by atoms with van der Waals surface area (Å²) in [6.45, 7) is -0.472. The van der Waals surface area contributed by atoms with Crippen molar-refractivity contribution in [3.05, 3.63) is 59.1 Å². The molecule has 2 aromatic rings. The Hall–Kier alpha value is -3.07. The standard InChI is InChI=1S/C20H18ClF3N2O4/c21-15-10-9-13(20(22,23)24)11-16(15)26-17(27)7-4-8-19(29)30-12-18(28)25-14-5-2-1-3-6-14/h1-3,5-6,9-11H,4,7-8,12H2,(H,25,28)(H,26,27). The van der Waals surface area contributed by atoms with Gasteiger partial charge in [0, 0.05) is 18.5 Å². The van der Waals surface area contributed by atoms with E-state index in [0.29, 0.717) is 5.69 Å². The average Bonchev–Trinajstić information content (AvgIpc) is 2.68. The average molecular weight is 443 g/mol. The first kappa shape index (κ1) is 23.2. The van der Waals surface area contributed by atoms with E-state index in [0.717, 1.165) is 18.2 Å². The molecule has 0 saturated carbocycles. The lowest BCUT2D eigenvalue weighted by molar-refractivity contribution is -0.147. The van der Waals surface area contributed by atoms with Crippen LogP contribution in [0.25, 0.3) is 0 Å². The van der Waals surface area contributed by atoms with Crippen LogP contribution in [-0.4, -0.2) is 24.4 Å². The summed E-state index contributed by atoms with van der Waals surface area (Å²) in [7, 11) is 0. The van der Waals surface area contributed by atoms with E-state index in [4.69, 9.17) is 16.3 Å². The molecule has 2 rings (SSSR count). The van der Waals surface area contributed by atoms with Crippen molar-refractivity contribution in [3.63, 3.8) is 0 Å². The van der Waals surface area contributed by atoms with Crippen LogP contribution in [0, 0.1) is 0 Å².